The Morgan fingerprint density at radius 1 is 0.867 bits per heavy atom. The third-order valence-corrected chi connectivity index (χ3v) is 7.22. The van der Waals surface area contributed by atoms with Gasteiger partial charge in [-0.1, -0.05) is 24.3 Å². The van der Waals surface area contributed by atoms with Gasteiger partial charge in [0, 0.05) is 57.9 Å². The van der Waals surface area contributed by atoms with E-state index >= 15 is 0 Å². The average molecular weight is 410 g/mol. The molecule has 30 heavy (non-hydrogen) atoms. The fourth-order valence-corrected chi connectivity index (χ4v) is 5.58. The number of benzene rings is 1. The molecule has 0 unspecified atom stereocenters. The number of imide groups is 1. The SMILES string of the molecule is O=C1[C@@H]2[C@H](C(=O)N1CCN1CCN(Cc3ccc([N+](=O)[O-])cc3)CC1)[C@H]1C=C[C@@H]2C1. The quantitative estimate of drug-likeness (QED) is 0.306. The molecule has 1 saturated carbocycles. The topological polar surface area (TPSA) is 87.0 Å². The van der Waals surface area contributed by atoms with Crippen molar-refractivity contribution < 1.29 is 14.5 Å². The van der Waals surface area contributed by atoms with Gasteiger partial charge in [-0.3, -0.25) is 34.4 Å². The molecule has 5 rings (SSSR count). The molecule has 0 spiro atoms. The van der Waals surface area contributed by atoms with E-state index < -0.39 is 0 Å². The molecular weight excluding hydrogens is 384 g/mol. The lowest BCUT2D eigenvalue weighted by molar-refractivity contribution is -0.384. The molecule has 2 heterocycles. The molecule has 0 N–H and O–H groups in total. The summed E-state index contributed by atoms with van der Waals surface area (Å²) in [4.78, 5) is 42.1. The number of fused-ring (bicyclic) bond motifs is 5. The van der Waals surface area contributed by atoms with E-state index in [-0.39, 0.29) is 46.1 Å². The van der Waals surface area contributed by atoms with Gasteiger partial charge in [-0.25, -0.2) is 0 Å². The Bertz CT molecular complexity index is 861. The second-order valence-electron chi connectivity index (χ2n) is 8.87. The Morgan fingerprint density at radius 2 is 1.43 bits per heavy atom. The molecule has 2 bridgehead atoms. The number of hydrogen-bond donors (Lipinski definition) is 0. The van der Waals surface area contributed by atoms with E-state index in [0.717, 1.165) is 51.3 Å². The summed E-state index contributed by atoms with van der Waals surface area (Å²) in [5, 5.41) is 10.8. The van der Waals surface area contributed by atoms with Gasteiger partial charge in [0.25, 0.3) is 5.69 Å². The zero-order chi connectivity index (χ0) is 20.8. The zero-order valence-corrected chi connectivity index (χ0v) is 16.9. The molecule has 8 nitrogen and oxygen atoms in total. The minimum Gasteiger partial charge on any atom is -0.299 e. The van der Waals surface area contributed by atoms with Crippen molar-refractivity contribution in [3.8, 4) is 0 Å². The van der Waals surface area contributed by atoms with E-state index in [4.69, 9.17) is 0 Å². The maximum absolute atomic E-state index is 12.8. The highest BCUT2D eigenvalue weighted by Crippen LogP contribution is 2.52. The van der Waals surface area contributed by atoms with Gasteiger partial charge in [-0.15, -0.1) is 0 Å². The Labute approximate surface area is 175 Å². The van der Waals surface area contributed by atoms with Gasteiger partial charge in [-0.05, 0) is 23.8 Å². The predicted octanol–water partition coefficient (Wildman–Crippen LogP) is 1.52. The molecule has 1 aromatic carbocycles. The van der Waals surface area contributed by atoms with Crippen LogP contribution >= 0.6 is 0 Å². The van der Waals surface area contributed by atoms with E-state index in [9.17, 15) is 19.7 Å². The van der Waals surface area contributed by atoms with Gasteiger partial charge in [0.2, 0.25) is 11.8 Å². The Hall–Kier alpha value is -2.58. The minimum absolute atomic E-state index is 0.0404. The summed E-state index contributed by atoms with van der Waals surface area (Å²) in [7, 11) is 0. The molecule has 2 aliphatic heterocycles. The first kappa shape index (κ1) is 19.4. The average Bonchev–Trinajstić information content (AvgIpc) is 3.42. The summed E-state index contributed by atoms with van der Waals surface area (Å²) in [6, 6.07) is 6.72. The van der Waals surface area contributed by atoms with Gasteiger partial charge in [-0.2, -0.15) is 0 Å². The number of amides is 2. The summed E-state index contributed by atoms with van der Waals surface area (Å²) >= 11 is 0. The summed E-state index contributed by atoms with van der Waals surface area (Å²) in [6.45, 7) is 5.58. The number of nitro groups is 1. The van der Waals surface area contributed by atoms with Gasteiger partial charge < -0.3 is 0 Å². The van der Waals surface area contributed by atoms with E-state index in [0.29, 0.717) is 6.54 Å². The lowest BCUT2D eigenvalue weighted by Gasteiger charge is -2.35. The lowest BCUT2D eigenvalue weighted by Crippen LogP contribution is -2.48. The first-order valence-corrected chi connectivity index (χ1v) is 10.7. The monoisotopic (exact) mass is 410 g/mol. The molecule has 4 aliphatic rings. The van der Waals surface area contributed by atoms with Gasteiger partial charge in [0.05, 0.1) is 16.8 Å². The van der Waals surface area contributed by atoms with Crippen molar-refractivity contribution in [3.63, 3.8) is 0 Å². The number of nitro benzene ring substituents is 1. The number of rotatable bonds is 6. The van der Waals surface area contributed by atoms with Crippen LogP contribution in [0.4, 0.5) is 5.69 Å². The summed E-state index contributed by atoms with van der Waals surface area (Å²) in [6.07, 6.45) is 5.23. The summed E-state index contributed by atoms with van der Waals surface area (Å²) in [5.41, 5.74) is 1.18. The van der Waals surface area contributed by atoms with E-state index in [1.165, 1.54) is 4.90 Å². The van der Waals surface area contributed by atoms with Crippen LogP contribution in [-0.4, -0.2) is 70.7 Å². The Morgan fingerprint density at radius 3 is 2.00 bits per heavy atom. The molecule has 2 amide bonds. The number of carbonyl (C=O) groups is 2. The Kier molecular flexibility index (Phi) is 4.91. The summed E-state index contributed by atoms with van der Waals surface area (Å²) < 4.78 is 0. The van der Waals surface area contributed by atoms with Crippen LogP contribution in [0.1, 0.15) is 12.0 Å². The minimum atomic E-state index is -0.382. The second-order valence-corrected chi connectivity index (χ2v) is 8.87. The van der Waals surface area contributed by atoms with Crippen molar-refractivity contribution in [2.75, 3.05) is 39.3 Å². The van der Waals surface area contributed by atoms with Crippen LogP contribution in [0.2, 0.25) is 0 Å². The standard InChI is InChI=1S/C22H26N4O4/c27-21-19-16-3-4-17(13-16)20(19)22(28)25(21)12-11-23-7-9-24(10-8-23)14-15-1-5-18(6-2-15)26(29)30/h1-6,16-17,19-20H,7-14H2/t16-,17+,19+,20-. The number of hydrogen-bond acceptors (Lipinski definition) is 6. The fourth-order valence-electron chi connectivity index (χ4n) is 5.58. The smallest absolute Gasteiger partial charge is 0.269 e. The first-order valence-electron chi connectivity index (χ1n) is 10.7. The number of non-ortho nitro benzene ring substituents is 1. The highest BCUT2D eigenvalue weighted by molar-refractivity contribution is 6.06. The predicted molar refractivity (Wildman–Crippen MR) is 109 cm³/mol. The van der Waals surface area contributed by atoms with Crippen LogP contribution in [0.25, 0.3) is 0 Å². The molecule has 2 aliphatic carbocycles. The number of carbonyl (C=O) groups excluding carboxylic acids is 2. The third-order valence-electron chi connectivity index (χ3n) is 7.22. The van der Waals surface area contributed by atoms with E-state index in [1.807, 2.05) is 12.1 Å². The van der Waals surface area contributed by atoms with Crippen molar-refractivity contribution in [1.29, 1.82) is 0 Å². The molecule has 3 fully saturated rings. The van der Waals surface area contributed by atoms with Crippen molar-refractivity contribution >= 4 is 17.5 Å². The van der Waals surface area contributed by atoms with Crippen molar-refractivity contribution in [2.24, 2.45) is 23.7 Å². The van der Waals surface area contributed by atoms with Gasteiger partial charge >= 0.3 is 0 Å². The molecule has 0 aromatic heterocycles. The Balaban J connectivity index is 1.09. The number of allylic oxidation sites excluding steroid dienone is 2. The van der Waals surface area contributed by atoms with Gasteiger partial charge in [0.15, 0.2) is 0 Å². The second kappa shape index (κ2) is 7.59. The molecule has 2 saturated heterocycles. The summed E-state index contributed by atoms with van der Waals surface area (Å²) in [5.74, 6) is 0.406. The third kappa shape index (κ3) is 3.33. The maximum atomic E-state index is 12.8. The van der Waals surface area contributed by atoms with E-state index in [1.54, 1.807) is 12.1 Å². The molecule has 0 radical (unpaired) electrons. The fraction of sp³-hybridized carbons (Fsp3) is 0.545. The number of piperazine rings is 1. The normalized spacial score (nSPS) is 31.0. The molecule has 4 atom stereocenters. The number of likely N-dealkylation sites (tertiary alicyclic amines) is 1. The first-order chi connectivity index (χ1) is 14.5. The largest absolute Gasteiger partial charge is 0.299 e. The zero-order valence-electron chi connectivity index (χ0n) is 16.9. The molecule has 158 valence electrons. The molecule has 1 aromatic rings. The van der Waals surface area contributed by atoms with Crippen molar-refractivity contribution in [3.05, 3.63) is 52.1 Å². The lowest BCUT2D eigenvalue weighted by atomic mass is 9.85. The highest BCUT2D eigenvalue weighted by Gasteiger charge is 2.59. The van der Waals surface area contributed by atoms with E-state index in [2.05, 4.69) is 22.0 Å². The van der Waals surface area contributed by atoms with Crippen LogP contribution in [0, 0.1) is 33.8 Å². The van der Waals surface area contributed by atoms with Crippen molar-refractivity contribution in [2.45, 2.75) is 13.0 Å². The van der Waals surface area contributed by atoms with Crippen LogP contribution in [0.5, 0.6) is 0 Å². The van der Waals surface area contributed by atoms with Crippen molar-refractivity contribution in [1.82, 2.24) is 14.7 Å². The van der Waals surface area contributed by atoms with Crippen LogP contribution < -0.4 is 0 Å². The van der Waals surface area contributed by atoms with Crippen LogP contribution in [0.3, 0.4) is 0 Å². The van der Waals surface area contributed by atoms with Crippen LogP contribution in [0.15, 0.2) is 36.4 Å². The number of nitrogens with zero attached hydrogens (tertiary/aromatic N) is 4. The molecule has 8 heteroatoms. The highest BCUT2D eigenvalue weighted by atomic mass is 16.6. The maximum Gasteiger partial charge on any atom is 0.269 e. The molecular formula is C22H26N4O4. The van der Waals surface area contributed by atoms with Gasteiger partial charge in [0.1, 0.15) is 0 Å². The van der Waals surface area contributed by atoms with Crippen LogP contribution in [-0.2, 0) is 16.1 Å².